The number of aliphatic hydroxyl groups is 1. The standard InChI is InChI=1S/C18H29NO/c1-5-13(3)12-19(6-2)17-11-14(4)15-9-7-8-10-16(15)18(17)20/h7-10,13-14,17-18,20H,5-6,11-12H2,1-4H3. The Morgan fingerprint density at radius 2 is 1.90 bits per heavy atom. The van der Waals surface area contributed by atoms with Crippen LogP contribution in [0, 0.1) is 5.92 Å². The Morgan fingerprint density at radius 1 is 1.25 bits per heavy atom. The van der Waals surface area contributed by atoms with Crippen LogP contribution in [0.3, 0.4) is 0 Å². The highest BCUT2D eigenvalue weighted by Crippen LogP contribution is 2.39. The number of benzene rings is 1. The molecule has 0 radical (unpaired) electrons. The zero-order valence-corrected chi connectivity index (χ0v) is 13.3. The fraction of sp³-hybridized carbons (Fsp3) is 0.667. The number of rotatable bonds is 5. The third-order valence-corrected chi connectivity index (χ3v) is 4.92. The van der Waals surface area contributed by atoms with E-state index in [1.807, 2.05) is 6.07 Å². The van der Waals surface area contributed by atoms with E-state index in [1.54, 1.807) is 0 Å². The Kier molecular flexibility index (Phi) is 5.22. The molecular formula is C18H29NO. The van der Waals surface area contributed by atoms with E-state index in [0.29, 0.717) is 11.8 Å². The number of nitrogens with zero attached hydrogens (tertiary/aromatic N) is 1. The van der Waals surface area contributed by atoms with Gasteiger partial charge < -0.3 is 5.11 Å². The van der Waals surface area contributed by atoms with Gasteiger partial charge in [0.05, 0.1) is 6.10 Å². The summed E-state index contributed by atoms with van der Waals surface area (Å²) in [6.45, 7) is 11.1. The van der Waals surface area contributed by atoms with Gasteiger partial charge in [0.2, 0.25) is 0 Å². The largest absolute Gasteiger partial charge is 0.387 e. The molecule has 0 heterocycles. The van der Waals surface area contributed by atoms with Gasteiger partial charge >= 0.3 is 0 Å². The molecule has 1 aliphatic rings. The second kappa shape index (κ2) is 6.73. The molecule has 0 saturated heterocycles. The minimum Gasteiger partial charge on any atom is -0.387 e. The van der Waals surface area contributed by atoms with Crippen molar-refractivity contribution in [3.05, 3.63) is 35.4 Å². The fourth-order valence-corrected chi connectivity index (χ4v) is 3.43. The molecule has 1 aromatic carbocycles. The van der Waals surface area contributed by atoms with Crippen LogP contribution in [-0.4, -0.2) is 29.1 Å². The van der Waals surface area contributed by atoms with Gasteiger partial charge in [0, 0.05) is 12.6 Å². The molecule has 4 atom stereocenters. The molecule has 0 aromatic heterocycles. The normalized spacial score (nSPS) is 27.4. The zero-order valence-electron chi connectivity index (χ0n) is 13.3. The van der Waals surface area contributed by atoms with E-state index >= 15 is 0 Å². The van der Waals surface area contributed by atoms with Gasteiger partial charge in [-0.05, 0) is 35.9 Å². The molecule has 1 aliphatic carbocycles. The van der Waals surface area contributed by atoms with E-state index in [4.69, 9.17) is 0 Å². The number of hydrogen-bond acceptors (Lipinski definition) is 2. The Balaban J connectivity index is 2.21. The second-order valence-electron chi connectivity index (χ2n) is 6.38. The van der Waals surface area contributed by atoms with Gasteiger partial charge in [-0.25, -0.2) is 0 Å². The van der Waals surface area contributed by atoms with E-state index in [2.05, 4.69) is 50.8 Å². The van der Waals surface area contributed by atoms with E-state index in [1.165, 1.54) is 12.0 Å². The number of fused-ring (bicyclic) bond motifs is 1. The fourth-order valence-electron chi connectivity index (χ4n) is 3.43. The highest BCUT2D eigenvalue weighted by molar-refractivity contribution is 5.35. The van der Waals surface area contributed by atoms with Crippen LogP contribution in [0.15, 0.2) is 24.3 Å². The first-order valence-electron chi connectivity index (χ1n) is 8.09. The van der Waals surface area contributed by atoms with Gasteiger partial charge in [-0.1, -0.05) is 58.4 Å². The smallest absolute Gasteiger partial charge is 0.0948 e. The summed E-state index contributed by atoms with van der Waals surface area (Å²) in [6.07, 6.45) is 1.92. The SMILES string of the molecule is CCC(C)CN(CC)C1CC(C)c2ccccc2C1O. The quantitative estimate of drug-likeness (QED) is 0.879. The molecule has 112 valence electrons. The summed E-state index contributed by atoms with van der Waals surface area (Å²) >= 11 is 0. The van der Waals surface area contributed by atoms with Crippen LogP contribution in [0.4, 0.5) is 0 Å². The maximum Gasteiger partial charge on any atom is 0.0948 e. The van der Waals surface area contributed by atoms with E-state index in [0.717, 1.165) is 25.1 Å². The monoisotopic (exact) mass is 275 g/mol. The lowest BCUT2D eigenvalue weighted by molar-refractivity contribution is 0.0266. The van der Waals surface area contributed by atoms with Crippen LogP contribution in [0.1, 0.15) is 63.7 Å². The Labute approximate surface area is 123 Å². The van der Waals surface area contributed by atoms with Gasteiger partial charge in [0.25, 0.3) is 0 Å². The third kappa shape index (κ3) is 3.07. The van der Waals surface area contributed by atoms with Gasteiger partial charge in [-0.2, -0.15) is 0 Å². The van der Waals surface area contributed by atoms with E-state index < -0.39 is 0 Å². The molecule has 2 nitrogen and oxygen atoms in total. The number of likely N-dealkylation sites (N-methyl/N-ethyl adjacent to an activating group) is 1. The Bertz CT molecular complexity index is 431. The average molecular weight is 275 g/mol. The van der Waals surface area contributed by atoms with Gasteiger partial charge in [-0.15, -0.1) is 0 Å². The van der Waals surface area contributed by atoms with Crippen LogP contribution in [-0.2, 0) is 0 Å². The van der Waals surface area contributed by atoms with Gasteiger partial charge in [0.1, 0.15) is 0 Å². The van der Waals surface area contributed by atoms with Crippen molar-refractivity contribution < 1.29 is 5.11 Å². The minimum atomic E-state index is -0.341. The van der Waals surface area contributed by atoms with E-state index in [-0.39, 0.29) is 12.1 Å². The molecule has 0 amide bonds. The molecule has 2 rings (SSSR count). The Hall–Kier alpha value is -0.860. The highest BCUT2D eigenvalue weighted by Gasteiger charge is 2.35. The predicted molar refractivity (Wildman–Crippen MR) is 84.9 cm³/mol. The molecule has 0 saturated carbocycles. The topological polar surface area (TPSA) is 23.5 Å². The molecule has 0 aliphatic heterocycles. The molecule has 2 heteroatoms. The van der Waals surface area contributed by atoms with Crippen molar-refractivity contribution in [2.24, 2.45) is 5.92 Å². The Morgan fingerprint density at radius 3 is 2.50 bits per heavy atom. The molecule has 20 heavy (non-hydrogen) atoms. The summed E-state index contributed by atoms with van der Waals surface area (Å²) in [4.78, 5) is 2.48. The van der Waals surface area contributed by atoms with Crippen LogP contribution >= 0.6 is 0 Å². The van der Waals surface area contributed by atoms with Crippen molar-refractivity contribution in [1.29, 1.82) is 0 Å². The average Bonchev–Trinajstić information content (AvgIpc) is 2.48. The van der Waals surface area contributed by atoms with Crippen molar-refractivity contribution in [1.82, 2.24) is 4.90 Å². The molecule has 1 N–H and O–H groups in total. The van der Waals surface area contributed by atoms with Crippen molar-refractivity contribution in [2.45, 2.75) is 58.6 Å². The maximum atomic E-state index is 10.8. The first kappa shape index (κ1) is 15.5. The van der Waals surface area contributed by atoms with Crippen molar-refractivity contribution >= 4 is 0 Å². The van der Waals surface area contributed by atoms with E-state index in [9.17, 15) is 5.11 Å². The zero-order chi connectivity index (χ0) is 14.7. The number of hydrogen-bond donors (Lipinski definition) is 1. The number of aliphatic hydroxyl groups excluding tert-OH is 1. The summed E-state index contributed by atoms with van der Waals surface area (Å²) in [5.41, 5.74) is 2.47. The third-order valence-electron chi connectivity index (χ3n) is 4.92. The van der Waals surface area contributed by atoms with Crippen molar-refractivity contribution in [3.8, 4) is 0 Å². The van der Waals surface area contributed by atoms with Crippen LogP contribution in [0.5, 0.6) is 0 Å². The van der Waals surface area contributed by atoms with Crippen molar-refractivity contribution in [2.75, 3.05) is 13.1 Å². The lowest BCUT2D eigenvalue weighted by Crippen LogP contribution is -2.44. The van der Waals surface area contributed by atoms with Gasteiger partial charge in [-0.3, -0.25) is 4.90 Å². The summed E-state index contributed by atoms with van der Waals surface area (Å²) in [5.74, 6) is 1.22. The summed E-state index contributed by atoms with van der Waals surface area (Å²) < 4.78 is 0. The first-order chi connectivity index (χ1) is 9.58. The molecule has 0 bridgehead atoms. The van der Waals surface area contributed by atoms with Crippen LogP contribution in [0.2, 0.25) is 0 Å². The molecule has 0 spiro atoms. The predicted octanol–water partition coefficient (Wildman–Crippen LogP) is 3.96. The lowest BCUT2D eigenvalue weighted by atomic mass is 9.78. The molecule has 4 unspecified atom stereocenters. The molecule has 0 fully saturated rings. The summed E-state index contributed by atoms with van der Waals surface area (Å²) in [6, 6.07) is 8.66. The second-order valence-corrected chi connectivity index (χ2v) is 6.38. The first-order valence-corrected chi connectivity index (χ1v) is 8.09. The molecule has 1 aromatic rings. The van der Waals surface area contributed by atoms with Gasteiger partial charge in [0.15, 0.2) is 0 Å². The lowest BCUT2D eigenvalue weighted by Gasteiger charge is -2.41. The highest BCUT2D eigenvalue weighted by atomic mass is 16.3. The minimum absolute atomic E-state index is 0.263. The summed E-state index contributed by atoms with van der Waals surface area (Å²) in [7, 11) is 0. The van der Waals surface area contributed by atoms with Crippen molar-refractivity contribution in [3.63, 3.8) is 0 Å². The molecular weight excluding hydrogens is 246 g/mol. The van der Waals surface area contributed by atoms with Crippen LogP contribution < -0.4 is 0 Å². The summed E-state index contributed by atoms with van der Waals surface area (Å²) in [5, 5.41) is 10.8. The van der Waals surface area contributed by atoms with Crippen LogP contribution in [0.25, 0.3) is 0 Å². The maximum absolute atomic E-state index is 10.8.